The zero-order valence-corrected chi connectivity index (χ0v) is 14.4. The molecule has 0 aliphatic carbocycles. The van der Waals surface area contributed by atoms with Crippen LogP contribution >= 0.6 is 0 Å². The van der Waals surface area contributed by atoms with Crippen LogP contribution in [0.4, 0.5) is 10.5 Å². The Bertz CT molecular complexity index is 727. The van der Waals surface area contributed by atoms with Gasteiger partial charge in [-0.1, -0.05) is 60.7 Å². The fraction of sp³-hybridized carbons (Fsp3) is 0.286. The first kappa shape index (κ1) is 17.2. The summed E-state index contributed by atoms with van der Waals surface area (Å²) in [6, 6.07) is 17.7. The van der Waals surface area contributed by atoms with Gasteiger partial charge in [0.05, 0.1) is 12.3 Å². The van der Waals surface area contributed by atoms with Crippen molar-refractivity contribution in [3.8, 4) is 0 Å². The van der Waals surface area contributed by atoms with E-state index in [1.807, 2.05) is 54.6 Å². The summed E-state index contributed by atoms with van der Waals surface area (Å²) in [5, 5.41) is 0. The molecule has 130 valence electrons. The third-order valence-corrected chi connectivity index (χ3v) is 4.28. The molecule has 0 saturated heterocycles. The Kier molecular flexibility index (Phi) is 5.86. The van der Waals surface area contributed by atoms with Crippen molar-refractivity contribution < 1.29 is 14.3 Å². The Hall–Kier alpha value is -2.59. The Morgan fingerprint density at radius 2 is 1.92 bits per heavy atom. The van der Waals surface area contributed by atoms with E-state index >= 15 is 0 Å². The number of hydrogen-bond donors (Lipinski definition) is 0. The predicted molar refractivity (Wildman–Crippen MR) is 98.6 cm³/mol. The van der Waals surface area contributed by atoms with Crippen molar-refractivity contribution in [2.45, 2.75) is 13.0 Å². The van der Waals surface area contributed by atoms with Crippen molar-refractivity contribution in [2.75, 3.05) is 25.2 Å². The Balaban J connectivity index is 1.72. The SMILES string of the molecule is COCC=C[C@@H]1Cc2ccccc2N(C(=O)OCc2ccccc2)C1. The van der Waals surface area contributed by atoms with Gasteiger partial charge in [-0.3, -0.25) is 4.90 Å². The summed E-state index contributed by atoms with van der Waals surface area (Å²) in [7, 11) is 1.67. The maximum atomic E-state index is 12.7. The molecule has 0 bridgehead atoms. The summed E-state index contributed by atoms with van der Waals surface area (Å²) in [4.78, 5) is 14.4. The van der Waals surface area contributed by atoms with Gasteiger partial charge in [-0.15, -0.1) is 0 Å². The third kappa shape index (κ3) is 4.48. The highest BCUT2D eigenvalue weighted by Crippen LogP contribution is 2.30. The van der Waals surface area contributed by atoms with Crippen molar-refractivity contribution in [3.05, 3.63) is 77.9 Å². The molecule has 1 aliphatic heterocycles. The number of para-hydroxylation sites is 1. The molecule has 1 heterocycles. The average Bonchev–Trinajstić information content (AvgIpc) is 2.66. The second kappa shape index (κ2) is 8.49. The van der Waals surface area contributed by atoms with E-state index in [0.717, 1.165) is 23.2 Å². The van der Waals surface area contributed by atoms with E-state index in [9.17, 15) is 4.79 Å². The summed E-state index contributed by atoms with van der Waals surface area (Å²) < 4.78 is 10.6. The molecule has 1 aliphatic rings. The zero-order valence-electron chi connectivity index (χ0n) is 14.4. The maximum absolute atomic E-state index is 12.7. The van der Waals surface area contributed by atoms with Crippen LogP contribution in [0.25, 0.3) is 0 Å². The Morgan fingerprint density at radius 3 is 2.72 bits per heavy atom. The third-order valence-electron chi connectivity index (χ3n) is 4.28. The number of ether oxygens (including phenoxy) is 2. The molecule has 3 rings (SSSR count). The van der Waals surface area contributed by atoms with Gasteiger partial charge in [-0.25, -0.2) is 4.79 Å². The number of anilines is 1. The van der Waals surface area contributed by atoms with E-state index in [0.29, 0.717) is 13.2 Å². The van der Waals surface area contributed by atoms with Crippen LogP contribution in [0.1, 0.15) is 11.1 Å². The quantitative estimate of drug-likeness (QED) is 0.767. The van der Waals surface area contributed by atoms with Crippen molar-refractivity contribution in [3.63, 3.8) is 0 Å². The van der Waals surface area contributed by atoms with E-state index in [1.54, 1.807) is 12.0 Å². The first-order chi connectivity index (χ1) is 12.3. The number of rotatable bonds is 5. The molecule has 1 atom stereocenters. The molecule has 0 radical (unpaired) electrons. The molecular weight excluding hydrogens is 314 g/mol. The molecule has 25 heavy (non-hydrogen) atoms. The molecule has 4 heteroatoms. The van der Waals surface area contributed by atoms with Crippen molar-refractivity contribution in [2.24, 2.45) is 5.92 Å². The van der Waals surface area contributed by atoms with Gasteiger partial charge >= 0.3 is 6.09 Å². The number of fused-ring (bicyclic) bond motifs is 1. The summed E-state index contributed by atoms with van der Waals surface area (Å²) >= 11 is 0. The predicted octanol–water partition coefficient (Wildman–Crippen LogP) is 4.20. The molecule has 0 spiro atoms. The molecule has 1 amide bonds. The highest BCUT2D eigenvalue weighted by Gasteiger charge is 2.28. The normalized spacial score (nSPS) is 16.7. The Morgan fingerprint density at radius 1 is 1.16 bits per heavy atom. The number of amides is 1. The van der Waals surface area contributed by atoms with Gasteiger partial charge in [0.1, 0.15) is 6.61 Å². The number of benzene rings is 2. The van der Waals surface area contributed by atoms with E-state index < -0.39 is 0 Å². The fourth-order valence-corrected chi connectivity index (χ4v) is 3.07. The van der Waals surface area contributed by atoms with Gasteiger partial charge in [0.15, 0.2) is 0 Å². The van der Waals surface area contributed by atoms with E-state index in [1.165, 1.54) is 0 Å². The minimum atomic E-state index is -0.304. The lowest BCUT2D eigenvalue weighted by atomic mass is 9.92. The van der Waals surface area contributed by atoms with E-state index in [4.69, 9.17) is 9.47 Å². The second-order valence-electron chi connectivity index (χ2n) is 6.13. The molecule has 4 nitrogen and oxygen atoms in total. The lowest BCUT2D eigenvalue weighted by Gasteiger charge is -2.32. The smallest absolute Gasteiger partial charge is 0.414 e. The van der Waals surface area contributed by atoms with Crippen molar-refractivity contribution in [1.82, 2.24) is 0 Å². The van der Waals surface area contributed by atoms with E-state index in [2.05, 4.69) is 12.1 Å². The fourth-order valence-electron chi connectivity index (χ4n) is 3.07. The monoisotopic (exact) mass is 337 g/mol. The van der Waals surface area contributed by atoms with Crippen LogP contribution in [-0.4, -0.2) is 26.4 Å². The summed E-state index contributed by atoms with van der Waals surface area (Å²) in [6.07, 6.45) is 4.74. The van der Waals surface area contributed by atoms with Crippen LogP contribution in [0.5, 0.6) is 0 Å². The molecule has 0 unspecified atom stereocenters. The summed E-state index contributed by atoms with van der Waals surface area (Å²) in [5.74, 6) is 0.259. The molecule has 0 saturated carbocycles. The molecular formula is C21H23NO3. The molecule has 0 aromatic heterocycles. The van der Waals surface area contributed by atoms with Crippen molar-refractivity contribution >= 4 is 11.8 Å². The van der Waals surface area contributed by atoms with Crippen LogP contribution in [0, 0.1) is 5.92 Å². The highest BCUT2D eigenvalue weighted by atomic mass is 16.6. The van der Waals surface area contributed by atoms with Gasteiger partial charge in [0.2, 0.25) is 0 Å². The van der Waals surface area contributed by atoms with Crippen LogP contribution in [0.2, 0.25) is 0 Å². The topological polar surface area (TPSA) is 38.8 Å². The van der Waals surface area contributed by atoms with Gasteiger partial charge in [0, 0.05) is 13.7 Å². The first-order valence-corrected chi connectivity index (χ1v) is 8.49. The van der Waals surface area contributed by atoms with Gasteiger partial charge in [-0.2, -0.15) is 0 Å². The standard InChI is InChI=1S/C21H23NO3/c1-24-13-7-10-18-14-19-11-5-6-12-20(19)22(15-18)21(23)25-16-17-8-3-2-4-9-17/h2-12,18H,13-16H2,1H3/t18-/m1/s1. The Labute approximate surface area is 148 Å². The summed E-state index contributed by atoms with van der Waals surface area (Å²) in [6.45, 7) is 1.48. The minimum Gasteiger partial charge on any atom is -0.444 e. The lowest BCUT2D eigenvalue weighted by Crippen LogP contribution is -2.39. The lowest BCUT2D eigenvalue weighted by molar-refractivity contribution is 0.146. The number of carbonyl (C=O) groups excluding carboxylic acids is 1. The average molecular weight is 337 g/mol. The van der Waals surface area contributed by atoms with Crippen LogP contribution < -0.4 is 4.90 Å². The zero-order chi connectivity index (χ0) is 17.5. The molecule has 0 fully saturated rings. The van der Waals surface area contributed by atoms with Crippen LogP contribution in [0.15, 0.2) is 66.7 Å². The molecule has 0 N–H and O–H groups in total. The minimum absolute atomic E-state index is 0.259. The number of methoxy groups -OCH3 is 1. The number of carbonyl (C=O) groups is 1. The number of nitrogens with zero attached hydrogens (tertiary/aromatic N) is 1. The van der Waals surface area contributed by atoms with E-state index in [-0.39, 0.29) is 18.6 Å². The maximum Gasteiger partial charge on any atom is 0.414 e. The molecule has 2 aromatic rings. The largest absolute Gasteiger partial charge is 0.444 e. The van der Waals surface area contributed by atoms with Crippen LogP contribution in [-0.2, 0) is 22.5 Å². The first-order valence-electron chi connectivity index (χ1n) is 8.49. The van der Waals surface area contributed by atoms with Crippen LogP contribution in [0.3, 0.4) is 0 Å². The summed E-state index contributed by atoms with van der Waals surface area (Å²) in [5.41, 5.74) is 3.09. The van der Waals surface area contributed by atoms with Gasteiger partial charge in [-0.05, 0) is 29.5 Å². The number of hydrogen-bond acceptors (Lipinski definition) is 3. The molecule has 2 aromatic carbocycles. The second-order valence-corrected chi connectivity index (χ2v) is 6.13. The van der Waals surface area contributed by atoms with Gasteiger partial charge < -0.3 is 9.47 Å². The highest BCUT2D eigenvalue weighted by molar-refractivity contribution is 5.89. The van der Waals surface area contributed by atoms with Crippen molar-refractivity contribution in [1.29, 1.82) is 0 Å². The van der Waals surface area contributed by atoms with Gasteiger partial charge in [0.25, 0.3) is 0 Å².